The van der Waals surface area contributed by atoms with Crippen LogP contribution in [0.5, 0.6) is 5.75 Å². The van der Waals surface area contributed by atoms with E-state index < -0.39 is 0 Å². The van der Waals surface area contributed by atoms with Gasteiger partial charge in [0, 0.05) is 44.5 Å². The van der Waals surface area contributed by atoms with Crippen molar-refractivity contribution < 1.29 is 9.53 Å². The zero-order valence-electron chi connectivity index (χ0n) is 22.2. The minimum absolute atomic E-state index is 0.144. The van der Waals surface area contributed by atoms with Crippen LogP contribution in [0.25, 0.3) is 16.7 Å². The highest BCUT2D eigenvalue weighted by Gasteiger charge is 2.29. The largest absolute Gasteiger partial charge is 0.497 e. The molecular weight excluding hydrogens is 470 g/mol. The maximum absolute atomic E-state index is 13.9. The fourth-order valence-corrected chi connectivity index (χ4v) is 4.71. The van der Waals surface area contributed by atoms with Crippen molar-refractivity contribution in [2.45, 2.75) is 6.42 Å². The smallest absolute Gasteiger partial charge is 0.276 e. The summed E-state index contributed by atoms with van der Waals surface area (Å²) in [5.41, 5.74) is 8.43. The molecule has 0 N–H and O–H groups in total. The Labute approximate surface area is 224 Å². The summed E-state index contributed by atoms with van der Waals surface area (Å²) in [5, 5.41) is 0. The summed E-state index contributed by atoms with van der Waals surface area (Å²) in [6, 6.07) is 34.4. The molecule has 4 aromatic rings. The quantitative estimate of drug-likeness (QED) is 0.283. The summed E-state index contributed by atoms with van der Waals surface area (Å²) in [7, 11) is 7.45. The number of rotatable bonds is 7. The van der Waals surface area contributed by atoms with Gasteiger partial charge in [0.25, 0.3) is 5.91 Å². The number of ether oxygens (including phenoxy) is 1. The van der Waals surface area contributed by atoms with Gasteiger partial charge in [0.05, 0.1) is 12.8 Å². The molecule has 5 rings (SSSR count). The summed E-state index contributed by atoms with van der Waals surface area (Å²) in [6.45, 7) is 0. The fourth-order valence-electron chi connectivity index (χ4n) is 4.71. The van der Waals surface area contributed by atoms with Crippen molar-refractivity contribution in [3.63, 3.8) is 0 Å². The van der Waals surface area contributed by atoms with Crippen molar-refractivity contribution in [2.24, 2.45) is 4.99 Å². The van der Waals surface area contributed by atoms with Crippen LogP contribution in [0.4, 0.5) is 11.4 Å². The molecule has 5 heteroatoms. The molecule has 1 aliphatic rings. The van der Waals surface area contributed by atoms with E-state index in [9.17, 15) is 4.79 Å². The maximum Gasteiger partial charge on any atom is 0.276 e. The Morgan fingerprint density at radius 2 is 1.32 bits per heavy atom. The van der Waals surface area contributed by atoms with Crippen molar-refractivity contribution in [1.82, 2.24) is 0 Å². The van der Waals surface area contributed by atoms with E-state index in [2.05, 4.69) is 53.4 Å². The average Bonchev–Trinajstić information content (AvgIpc) is 3.42. The second-order valence-electron chi connectivity index (χ2n) is 9.48. The Bertz CT molecular complexity index is 1500. The number of anilines is 2. The molecule has 0 aliphatic carbocycles. The first-order chi connectivity index (χ1) is 18.5. The van der Waals surface area contributed by atoms with Gasteiger partial charge in [-0.3, -0.25) is 4.79 Å². The van der Waals surface area contributed by atoms with Crippen LogP contribution in [-0.4, -0.2) is 39.9 Å². The molecule has 0 atom stereocenters. The molecule has 0 fully saturated rings. The van der Waals surface area contributed by atoms with Gasteiger partial charge in [0.2, 0.25) is 0 Å². The Morgan fingerprint density at radius 3 is 1.95 bits per heavy atom. The molecule has 0 aromatic heterocycles. The Kier molecular flexibility index (Phi) is 7.09. The molecule has 0 bridgehead atoms. The number of likely N-dealkylation sites (N-methyl/N-ethyl adjacent to an activating group) is 1. The Balaban J connectivity index is 1.57. The number of aliphatic imine (C=N–C) groups is 1. The lowest BCUT2D eigenvalue weighted by molar-refractivity contribution is -0.114. The van der Waals surface area contributed by atoms with Crippen molar-refractivity contribution >= 4 is 28.6 Å². The van der Waals surface area contributed by atoms with E-state index in [0.29, 0.717) is 12.1 Å². The molecule has 1 heterocycles. The number of nitrogens with zero attached hydrogens (tertiary/aromatic N) is 3. The SMILES string of the molecule is COc1ccc(N(C)C(=O)C2=C(c3ccc(N(C)C)cc3)CC(c3ccccc3-c3ccccc3)=N2)cc1. The average molecular weight is 502 g/mol. The first kappa shape index (κ1) is 25.0. The molecular formula is C33H31N3O2. The van der Waals surface area contributed by atoms with Crippen LogP contribution in [0, 0.1) is 0 Å². The molecule has 0 unspecified atom stereocenters. The lowest BCUT2D eigenvalue weighted by Gasteiger charge is -2.18. The zero-order chi connectivity index (χ0) is 26.6. The minimum Gasteiger partial charge on any atom is -0.497 e. The third kappa shape index (κ3) is 4.96. The van der Waals surface area contributed by atoms with Crippen LogP contribution in [0.3, 0.4) is 0 Å². The van der Waals surface area contributed by atoms with Gasteiger partial charge in [0.1, 0.15) is 11.4 Å². The molecule has 0 spiro atoms. The zero-order valence-corrected chi connectivity index (χ0v) is 22.2. The van der Waals surface area contributed by atoms with Crippen molar-refractivity contribution in [3.8, 4) is 16.9 Å². The maximum atomic E-state index is 13.9. The van der Waals surface area contributed by atoms with Gasteiger partial charge < -0.3 is 14.5 Å². The highest BCUT2D eigenvalue weighted by molar-refractivity contribution is 6.21. The van der Waals surface area contributed by atoms with E-state index in [1.54, 1.807) is 19.1 Å². The van der Waals surface area contributed by atoms with Crippen LogP contribution < -0.4 is 14.5 Å². The van der Waals surface area contributed by atoms with Gasteiger partial charge in [0.15, 0.2) is 0 Å². The van der Waals surface area contributed by atoms with Gasteiger partial charge in [-0.05, 0) is 58.7 Å². The fraction of sp³-hybridized carbons (Fsp3) is 0.152. The summed E-state index contributed by atoms with van der Waals surface area (Å²) in [6.07, 6.45) is 0.572. The summed E-state index contributed by atoms with van der Waals surface area (Å²) < 4.78 is 5.28. The summed E-state index contributed by atoms with van der Waals surface area (Å²) >= 11 is 0. The van der Waals surface area contributed by atoms with E-state index >= 15 is 0 Å². The molecule has 5 nitrogen and oxygen atoms in total. The lowest BCUT2D eigenvalue weighted by atomic mass is 9.92. The van der Waals surface area contributed by atoms with Crippen LogP contribution in [0.15, 0.2) is 114 Å². The number of benzene rings is 4. The van der Waals surface area contributed by atoms with Crippen molar-refractivity contribution in [1.29, 1.82) is 0 Å². The Hall–Kier alpha value is -4.64. The lowest BCUT2D eigenvalue weighted by Crippen LogP contribution is -2.27. The predicted molar refractivity (Wildman–Crippen MR) is 157 cm³/mol. The third-order valence-electron chi connectivity index (χ3n) is 6.90. The van der Waals surface area contributed by atoms with E-state index in [-0.39, 0.29) is 5.91 Å². The molecule has 4 aromatic carbocycles. The first-order valence-corrected chi connectivity index (χ1v) is 12.6. The van der Waals surface area contributed by atoms with Gasteiger partial charge in [-0.25, -0.2) is 4.99 Å². The summed E-state index contributed by atoms with van der Waals surface area (Å²) in [5.74, 6) is 0.600. The normalized spacial score (nSPS) is 12.8. The number of allylic oxidation sites excluding steroid dienone is 1. The molecule has 190 valence electrons. The van der Waals surface area contributed by atoms with E-state index in [1.807, 2.05) is 68.7 Å². The molecule has 38 heavy (non-hydrogen) atoms. The van der Waals surface area contributed by atoms with Crippen LogP contribution in [0.1, 0.15) is 17.5 Å². The molecule has 0 saturated carbocycles. The number of amides is 1. The number of carbonyl (C=O) groups is 1. The second-order valence-corrected chi connectivity index (χ2v) is 9.48. The van der Waals surface area contributed by atoms with Crippen LogP contribution >= 0.6 is 0 Å². The second kappa shape index (κ2) is 10.8. The van der Waals surface area contributed by atoms with Crippen LogP contribution in [0.2, 0.25) is 0 Å². The van der Waals surface area contributed by atoms with Crippen molar-refractivity contribution in [3.05, 3.63) is 120 Å². The van der Waals surface area contributed by atoms with Crippen LogP contribution in [-0.2, 0) is 4.79 Å². The van der Waals surface area contributed by atoms with Gasteiger partial charge in [-0.15, -0.1) is 0 Å². The van der Waals surface area contributed by atoms with Gasteiger partial charge in [-0.2, -0.15) is 0 Å². The first-order valence-electron chi connectivity index (χ1n) is 12.6. The van der Waals surface area contributed by atoms with Gasteiger partial charge >= 0.3 is 0 Å². The summed E-state index contributed by atoms with van der Waals surface area (Å²) in [4.78, 5) is 22.6. The monoisotopic (exact) mass is 501 g/mol. The highest BCUT2D eigenvalue weighted by atomic mass is 16.5. The molecule has 0 saturated heterocycles. The predicted octanol–water partition coefficient (Wildman–Crippen LogP) is 6.70. The van der Waals surface area contributed by atoms with Gasteiger partial charge in [-0.1, -0.05) is 66.7 Å². The highest BCUT2D eigenvalue weighted by Crippen LogP contribution is 2.36. The van der Waals surface area contributed by atoms with E-state index in [1.165, 1.54) is 0 Å². The van der Waals surface area contributed by atoms with Crippen molar-refractivity contribution in [2.75, 3.05) is 38.1 Å². The molecule has 1 amide bonds. The number of hydrogen-bond donors (Lipinski definition) is 0. The molecule has 1 aliphatic heterocycles. The minimum atomic E-state index is -0.144. The topological polar surface area (TPSA) is 45.1 Å². The number of hydrogen-bond acceptors (Lipinski definition) is 4. The standard InChI is InChI=1S/C33H31N3O2/c1-35(2)25-16-14-24(15-17-25)30-22-31(29-13-9-8-12-28(29)23-10-6-5-7-11-23)34-32(30)33(37)36(3)26-18-20-27(38-4)21-19-26/h5-21H,22H2,1-4H3. The number of carbonyl (C=O) groups excluding carboxylic acids is 1. The number of methoxy groups -OCH3 is 1. The third-order valence-corrected chi connectivity index (χ3v) is 6.90. The van der Waals surface area contributed by atoms with E-state index in [0.717, 1.165) is 50.7 Å². The molecule has 0 radical (unpaired) electrons. The van der Waals surface area contributed by atoms with E-state index in [4.69, 9.17) is 9.73 Å². The Morgan fingerprint density at radius 1 is 0.711 bits per heavy atom.